The van der Waals surface area contributed by atoms with Crippen LogP contribution in [0.5, 0.6) is 0 Å². The number of nitrogens with zero attached hydrogens (tertiary/aromatic N) is 4. The van der Waals surface area contributed by atoms with Gasteiger partial charge in [-0.3, -0.25) is 4.98 Å². The number of hydrogen-bond donors (Lipinski definition) is 2. The summed E-state index contributed by atoms with van der Waals surface area (Å²) >= 11 is 0. The van der Waals surface area contributed by atoms with Gasteiger partial charge in [-0.25, -0.2) is 4.39 Å². The van der Waals surface area contributed by atoms with Crippen molar-refractivity contribution in [2.24, 2.45) is 5.41 Å². The molecule has 0 aliphatic carbocycles. The molecule has 2 N–H and O–H groups in total. The Morgan fingerprint density at radius 1 is 1.12 bits per heavy atom. The molecule has 0 spiro atoms. The van der Waals surface area contributed by atoms with Gasteiger partial charge in [0.2, 0.25) is 5.82 Å². The van der Waals surface area contributed by atoms with Crippen LogP contribution in [0.4, 0.5) is 4.39 Å². The first-order chi connectivity index (χ1) is 15.3. The molecule has 0 amide bonds. The molecule has 1 saturated heterocycles. The van der Waals surface area contributed by atoms with Crippen LogP contribution in [0.15, 0.2) is 41.2 Å². The van der Waals surface area contributed by atoms with Crippen molar-refractivity contribution in [2.45, 2.75) is 51.7 Å². The van der Waals surface area contributed by atoms with Gasteiger partial charge in [-0.2, -0.15) is 4.98 Å². The highest BCUT2D eigenvalue weighted by atomic mass is 19.1. The van der Waals surface area contributed by atoms with Crippen molar-refractivity contribution in [3.05, 3.63) is 65.1 Å². The first-order valence-electron chi connectivity index (χ1n) is 11.1. The smallest absolute Gasteiger partial charge is 0.258 e. The number of aliphatic hydroxyl groups is 2. The maximum atomic E-state index is 15.0. The molecule has 7 nitrogen and oxygen atoms in total. The number of aromatic nitrogens is 3. The summed E-state index contributed by atoms with van der Waals surface area (Å²) in [5.74, 6) is 0.0261. The number of hydrogen-bond acceptors (Lipinski definition) is 7. The predicted molar refractivity (Wildman–Crippen MR) is 122 cm³/mol. The van der Waals surface area contributed by atoms with Gasteiger partial charge in [0, 0.05) is 42.0 Å². The Hall–Kier alpha value is -2.68. The summed E-state index contributed by atoms with van der Waals surface area (Å²) in [4.78, 5) is 10.7. The highest BCUT2D eigenvalue weighted by Crippen LogP contribution is 2.50. The zero-order chi connectivity index (χ0) is 24.2. The number of rotatable bonds is 6. The van der Waals surface area contributed by atoms with Crippen LogP contribution in [-0.4, -0.2) is 50.4 Å². The van der Waals surface area contributed by atoms with E-state index in [4.69, 9.17) is 4.52 Å². The van der Waals surface area contributed by atoms with E-state index in [2.05, 4.69) is 20.0 Å². The molecule has 2 aromatic heterocycles. The van der Waals surface area contributed by atoms with Crippen LogP contribution in [0.1, 0.15) is 63.1 Å². The maximum Gasteiger partial charge on any atom is 0.258 e. The van der Waals surface area contributed by atoms with Crippen LogP contribution in [0.3, 0.4) is 0 Å². The van der Waals surface area contributed by atoms with E-state index >= 15 is 0 Å². The number of benzene rings is 1. The van der Waals surface area contributed by atoms with E-state index in [0.29, 0.717) is 35.3 Å². The zero-order valence-corrected chi connectivity index (χ0v) is 19.9. The fraction of sp³-hybridized carbons (Fsp3) is 0.480. The van der Waals surface area contributed by atoms with Gasteiger partial charge in [-0.1, -0.05) is 38.1 Å². The monoisotopic (exact) mass is 454 g/mol. The SMILES string of the molecule is CC(C)c1ccc(C(O)(c2cncc(-c3noc(C(C)(C)O)n3)c2)C2(C)CN(C)C2)cc1F. The van der Waals surface area contributed by atoms with Crippen molar-refractivity contribution >= 4 is 0 Å². The van der Waals surface area contributed by atoms with Crippen LogP contribution in [0.25, 0.3) is 11.4 Å². The second kappa shape index (κ2) is 7.97. The number of likely N-dealkylation sites (tertiary alicyclic amines) is 1. The highest BCUT2D eigenvalue weighted by molar-refractivity contribution is 5.56. The van der Waals surface area contributed by atoms with Gasteiger partial charge >= 0.3 is 0 Å². The molecule has 1 fully saturated rings. The molecule has 1 aliphatic rings. The molecule has 4 rings (SSSR count). The van der Waals surface area contributed by atoms with Crippen molar-refractivity contribution in [1.29, 1.82) is 0 Å². The van der Waals surface area contributed by atoms with Crippen molar-refractivity contribution in [3.8, 4) is 11.4 Å². The van der Waals surface area contributed by atoms with Gasteiger partial charge in [0.05, 0.1) is 0 Å². The summed E-state index contributed by atoms with van der Waals surface area (Å²) in [6, 6.07) is 6.74. The first-order valence-corrected chi connectivity index (χ1v) is 11.1. The van der Waals surface area contributed by atoms with Gasteiger partial charge < -0.3 is 19.6 Å². The van der Waals surface area contributed by atoms with Gasteiger partial charge in [0.25, 0.3) is 5.89 Å². The number of pyridine rings is 1. The van der Waals surface area contributed by atoms with Gasteiger partial charge in [-0.05, 0) is 50.1 Å². The Balaban J connectivity index is 1.84. The summed E-state index contributed by atoms with van der Waals surface area (Å²) in [5, 5.41) is 26.4. The Morgan fingerprint density at radius 2 is 1.82 bits per heavy atom. The second-order valence-corrected chi connectivity index (χ2v) is 10.3. The third-order valence-electron chi connectivity index (χ3n) is 6.52. The molecule has 1 aliphatic heterocycles. The van der Waals surface area contributed by atoms with Crippen LogP contribution < -0.4 is 0 Å². The van der Waals surface area contributed by atoms with E-state index in [-0.39, 0.29) is 23.5 Å². The van der Waals surface area contributed by atoms with Crippen LogP contribution in [-0.2, 0) is 11.2 Å². The maximum absolute atomic E-state index is 15.0. The summed E-state index contributed by atoms with van der Waals surface area (Å²) in [7, 11) is 1.98. The van der Waals surface area contributed by atoms with E-state index in [1.165, 1.54) is 6.07 Å². The lowest BCUT2D eigenvalue weighted by Gasteiger charge is -2.55. The first kappa shape index (κ1) is 23.5. The third-order valence-corrected chi connectivity index (χ3v) is 6.52. The Kier molecular flexibility index (Phi) is 5.67. The normalized spacial score (nSPS) is 18.2. The minimum Gasteiger partial charge on any atom is -0.381 e. The predicted octanol–water partition coefficient (Wildman–Crippen LogP) is 3.81. The van der Waals surface area contributed by atoms with Crippen molar-refractivity contribution < 1.29 is 19.1 Å². The van der Waals surface area contributed by atoms with Crippen molar-refractivity contribution in [3.63, 3.8) is 0 Å². The van der Waals surface area contributed by atoms with Gasteiger partial charge in [-0.15, -0.1) is 0 Å². The highest BCUT2D eigenvalue weighted by Gasteiger charge is 2.55. The Morgan fingerprint density at radius 3 is 2.36 bits per heavy atom. The lowest BCUT2D eigenvalue weighted by atomic mass is 9.62. The molecule has 0 saturated carbocycles. The van der Waals surface area contributed by atoms with E-state index in [1.807, 2.05) is 27.8 Å². The lowest BCUT2D eigenvalue weighted by molar-refractivity contribution is -0.127. The fourth-order valence-corrected chi connectivity index (χ4v) is 4.81. The summed E-state index contributed by atoms with van der Waals surface area (Å²) in [6.45, 7) is 10.2. The van der Waals surface area contributed by atoms with E-state index in [1.54, 1.807) is 44.4 Å². The van der Waals surface area contributed by atoms with Gasteiger partial charge in [0.15, 0.2) is 0 Å². The van der Waals surface area contributed by atoms with E-state index < -0.39 is 16.6 Å². The van der Waals surface area contributed by atoms with Crippen molar-refractivity contribution in [1.82, 2.24) is 20.0 Å². The van der Waals surface area contributed by atoms with Crippen molar-refractivity contribution in [2.75, 3.05) is 20.1 Å². The molecular weight excluding hydrogens is 423 g/mol. The minimum absolute atomic E-state index is 0.0331. The van der Waals surface area contributed by atoms with Gasteiger partial charge in [0.1, 0.15) is 17.0 Å². The Labute approximate surface area is 193 Å². The topological polar surface area (TPSA) is 95.5 Å². The van der Waals surface area contributed by atoms with Crippen LogP contribution >= 0.6 is 0 Å². The molecule has 3 heterocycles. The standard InChI is InChI=1S/C25H31FN4O3/c1-15(2)19-8-7-17(10-20(19)26)25(32,24(5)13-30(6)14-24)18-9-16(11-27-12-18)21-28-22(33-29-21)23(3,4)31/h7-12,15,31-32H,13-14H2,1-6H3. The van der Waals surface area contributed by atoms with Crippen LogP contribution in [0, 0.1) is 11.2 Å². The average molecular weight is 455 g/mol. The number of halogens is 1. The molecule has 176 valence electrons. The molecule has 1 unspecified atom stereocenters. The summed E-state index contributed by atoms with van der Waals surface area (Å²) in [5.41, 5.74) is -1.22. The van der Waals surface area contributed by atoms with E-state index in [9.17, 15) is 14.6 Å². The molecule has 33 heavy (non-hydrogen) atoms. The minimum atomic E-state index is -1.50. The third kappa shape index (κ3) is 3.96. The summed E-state index contributed by atoms with van der Waals surface area (Å²) < 4.78 is 20.2. The fourth-order valence-electron chi connectivity index (χ4n) is 4.81. The molecule has 0 radical (unpaired) electrons. The average Bonchev–Trinajstić information content (AvgIpc) is 3.23. The Bertz CT molecular complexity index is 1160. The second-order valence-electron chi connectivity index (χ2n) is 10.3. The molecule has 3 aromatic rings. The molecule has 8 heteroatoms. The summed E-state index contributed by atoms with van der Waals surface area (Å²) in [6.07, 6.45) is 3.17. The molecule has 1 aromatic carbocycles. The molecule has 1 atom stereocenters. The quantitative estimate of drug-likeness (QED) is 0.585. The zero-order valence-electron chi connectivity index (χ0n) is 19.9. The molecule has 0 bridgehead atoms. The lowest BCUT2D eigenvalue weighted by Crippen LogP contribution is -2.63. The molecular formula is C25H31FN4O3. The van der Waals surface area contributed by atoms with Crippen LogP contribution in [0.2, 0.25) is 0 Å². The largest absolute Gasteiger partial charge is 0.381 e. The van der Waals surface area contributed by atoms with E-state index in [0.717, 1.165) is 0 Å².